The third kappa shape index (κ3) is 3.94. The maximum atomic E-state index is 12.3. The van der Waals surface area contributed by atoms with Gasteiger partial charge in [-0.25, -0.2) is 9.00 Å². The van der Waals surface area contributed by atoms with Crippen LogP contribution in [0.4, 0.5) is 0 Å². The maximum absolute atomic E-state index is 12.3. The molecule has 25 heavy (non-hydrogen) atoms. The van der Waals surface area contributed by atoms with Crippen molar-refractivity contribution in [2.45, 2.75) is 30.8 Å². The molecule has 1 aromatic carbocycles. The lowest BCUT2D eigenvalue weighted by atomic mass is 9.99. The first kappa shape index (κ1) is 18.8. The molecular weight excluding hydrogens is 348 g/mol. The van der Waals surface area contributed by atoms with Crippen molar-refractivity contribution in [3.8, 4) is 0 Å². The molecule has 0 radical (unpaired) electrons. The summed E-state index contributed by atoms with van der Waals surface area (Å²) in [5.74, 6) is -2.59. The summed E-state index contributed by atoms with van der Waals surface area (Å²) in [7, 11) is 0. The molecule has 8 nitrogen and oxygen atoms in total. The number of nitrogens with one attached hydrogen (secondary N) is 1. The summed E-state index contributed by atoms with van der Waals surface area (Å²) in [6, 6.07) is 6.11. The van der Waals surface area contributed by atoms with Crippen LogP contribution in [0, 0.1) is 0 Å². The number of aliphatic carboxylic acids is 1. The topological polar surface area (TPSA) is 124 Å². The molecule has 3 N–H and O–H groups in total. The van der Waals surface area contributed by atoms with E-state index in [0.29, 0.717) is 0 Å². The molecule has 0 spiro atoms. The highest BCUT2D eigenvalue weighted by Gasteiger charge is 2.56. The molecule has 1 fully saturated rings. The molecule has 9 heteroatoms. The Hall–Kier alpha value is -2.52. The fourth-order valence-electron chi connectivity index (χ4n) is 2.68. The molecule has 1 aliphatic rings. The van der Waals surface area contributed by atoms with Gasteiger partial charge in [0.1, 0.15) is 6.04 Å². The number of likely N-dealkylation sites (tertiary alicyclic amines) is 1. The van der Waals surface area contributed by atoms with E-state index in [-0.39, 0.29) is 12.0 Å². The average Bonchev–Trinajstić information content (AvgIpc) is 2.52. The lowest BCUT2D eigenvalue weighted by Crippen LogP contribution is -2.75. The van der Waals surface area contributed by atoms with E-state index in [1.165, 1.54) is 6.92 Å². The normalized spacial score (nSPS) is 21.8. The molecule has 1 heterocycles. The van der Waals surface area contributed by atoms with Crippen LogP contribution in [0.1, 0.15) is 12.5 Å². The van der Waals surface area contributed by atoms with Gasteiger partial charge < -0.3 is 19.9 Å². The Morgan fingerprint density at radius 2 is 1.96 bits per heavy atom. The Morgan fingerprint density at radius 1 is 1.36 bits per heavy atom. The monoisotopic (exact) mass is 366 g/mol. The van der Waals surface area contributed by atoms with Crippen molar-refractivity contribution in [1.82, 2.24) is 10.2 Å². The second-order valence-electron chi connectivity index (χ2n) is 5.71. The van der Waals surface area contributed by atoms with Gasteiger partial charge >= 0.3 is 5.97 Å². The summed E-state index contributed by atoms with van der Waals surface area (Å²) in [6.45, 7) is 4.91. The van der Waals surface area contributed by atoms with Crippen LogP contribution in [0.3, 0.4) is 0 Å². The number of hydrogen-bond acceptors (Lipinski definition) is 4. The van der Waals surface area contributed by atoms with Crippen molar-refractivity contribution < 1.29 is 28.3 Å². The minimum Gasteiger partial charge on any atom is -0.479 e. The van der Waals surface area contributed by atoms with Crippen molar-refractivity contribution in [3.05, 3.63) is 48.0 Å². The first-order valence-corrected chi connectivity index (χ1v) is 8.54. The average molecular weight is 366 g/mol. The van der Waals surface area contributed by atoms with Crippen molar-refractivity contribution in [2.75, 3.05) is 0 Å². The van der Waals surface area contributed by atoms with Gasteiger partial charge in [0.05, 0.1) is 6.42 Å². The van der Waals surface area contributed by atoms with Crippen LogP contribution in [0.25, 0.3) is 0 Å². The third-order valence-corrected chi connectivity index (χ3v) is 4.70. The number of benzene rings is 1. The molecule has 0 saturated carbocycles. The number of β-lactam (4-membered cyclic amide) rings is 1. The summed E-state index contributed by atoms with van der Waals surface area (Å²) in [4.78, 5) is 36.5. The minimum atomic E-state index is -2.54. The smallest absolute Gasteiger partial charge is 0.330 e. The van der Waals surface area contributed by atoms with E-state index in [2.05, 4.69) is 11.9 Å². The van der Waals surface area contributed by atoms with Crippen LogP contribution in [-0.2, 0) is 31.9 Å². The number of rotatable bonds is 7. The zero-order chi connectivity index (χ0) is 18.7. The number of carbonyl (C=O) groups excluding carboxylic acids is 2. The van der Waals surface area contributed by atoms with Crippen LogP contribution < -0.4 is 5.32 Å². The predicted molar refractivity (Wildman–Crippen MR) is 89.7 cm³/mol. The Morgan fingerprint density at radius 3 is 2.44 bits per heavy atom. The molecule has 1 saturated heterocycles. The van der Waals surface area contributed by atoms with Gasteiger partial charge in [0, 0.05) is 0 Å². The Labute approximate surface area is 146 Å². The van der Waals surface area contributed by atoms with Gasteiger partial charge in [-0.3, -0.25) is 9.59 Å². The number of nitrogens with zero attached hydrogens (tertiary/aromatic N) is 1. The quantitative estimate of drug-likeness (QED) is 0.358. The molecule has 2 amide bonds. The first-order valence-electron chi connectivity index (χ1n) is 7.37. The molecule has 0 aliphatic carbocycles. The highest BCUT2D eigenvalue weighted by molar-refractivity contribution is 7.80. The van der Waals surface area contributed by atoms with Crippen LogP contribution in [0.15, 0.2) is 42.5 Å². The van der Waals surface area contributed by atoms with E-state index in [1.54, 1.807) is 30.3 Å². The first-order chi connectivity index (χ1) is 11.7. The van der Waals surface area contributed by atoms with E-state index in [4.69, 9.17) is 0 Å². The van der Waals surface area contributed by atoms with Crippen molar-refractivity contribution >= 4 is 28.9 Å². The minimum absolute atomic E-state index is 0.00174. The Balaban J connectivity index is 2.12. The van der Waals surface area contributed by atoms with Gasteiger partial charge in [0.2, 0.25) is 5.91 Å². The SMILES string of the molecule is C=C(C)C(C(=O)O)N1C(=O)C(NC(=O)Cc2ccccc2)C1S(=O)O. The molecular formula is C16H18N2O6S. The third-order valence-electron chi connectivity index (χ3n) is 3.79. The second kappa shape index (κ2) is 7.58. The van der Waals surface area contributed by atoms with Crippen molar-refractivity contribution in [2.24, 2.45) is 0 Å². The summed E-state index contributed by atoms with van der Waals surface area (Å²) in [5, 5.41) is 10.3. The molecule has 134 valence electrons. The van der Waals surface area contributed by atoms with E-state index in [1.807, 2.05) is 0 Å². The predicted octanol–water partition coefficient (Wildman–Crippen LogP) is 0.133. The zero-order valence-electron chi connectivity index (χ0n) is 13.4. The van der Waals surface area contributed by atoms with Gasteiger partial charge in [0.15, 0.2) is 22.5 Å². The Kier molecular flexibility index (Phi) is 5.70. The molecule has 1 aliphatic heterocycles. The molecule has 4 unspecified atom stereocenters. The zero-order valence-corrected chi connectivity index (χ0v) is 14.2. The van der Waals surface area contributed by atoms with Crippen LogP contribution in [0.5, 0.6) is 0 Å². The van der Waals surface area contributed by atoms with Gasteiger partial charge in [0.25, 0.3) is 5.91 Å². The number of carboxylic acid groups (broad SMARTS) is 1. The molecule has 1 aromatic rings. The lowest BCUT2D eigenvalue weighted by molar-refractivity contribution is -0.160. The van der Waals surface area contributed by atoms with E-state index < -0.39 is 46.3 Å². The fourth-order valence-corrected chi connectivity index (χ4v) is 3.52. The molecule has 0 bridgehead atoms. The second-order valence-corrected chi connectivity index (χ2v) is 6.74. The summed E-state index contributed by atoms with van der Waals surface area (Å²) < 4.78 is 21.0. The van der Waals surface area contributed by atoms with Gasteiger partial charge in [-0.05, 0) is 18.1 Å². The van der Waals surface area contributed by atoms with E-state index in [0.717, 1.165) is 10.5 Å². The van der Waals surface area contributed by atoms with E-state index in [9.17, 15) is 28.3 Å². The highest BCUT2D eigenvalue weighted by Crippen LogP contribution is 2.28. The number of carboxylic acids is 1. The van der Waals surface area contributed by atoms with Gasteiger partial charge in [-0.1, -0.05) is 36.9 Å². The van der Waals surface area contributed by atoms with Gasteiger partial charge in [-0.15, -0.1) is 0 Å². The fraction of sp³-hybridized carbons (Fsp3) is 0.312. The standard InChI is InChI=1S/C16H18N2O6S/c1-9(2)13(16(21)22)18-14(20)12(15(18)25(23)24)17-11(19)8-10-6-4-3-5-7-10/h3-7,12-13,15H,1,8H2,2H3,(H,17,19)(H,21,22)(H,23,24). The van der Waals surface area contributed by atoms with Crippen molar-refractivity contribution in [1.29, 1.82) is 0 Å². The number of amides is 2. The van der Waals surface area contributed by atoms with Crippen molar-refractivity contribution in [3.63, 3.8) is 0 Å². The van der Waals surface area contributed by atoms with Crippen LogP contribution in [0.2, 0.25) is 0 Å². The summed E-state index contributed by atoms with van der Waals surface area (Å²) in [6.07, 6.45) is -0.00174. The molecule has 2 rings (SSSR count). The molecule has 4 atom stereocenters. The van der Waals surface area contributed by atoms with Crippen LogP contribution in [-0.4, -0.2) is 54.0 Å². The summed E-state index contributed by atoms with van der Waals surface area (Å²) >= 11 is -2.54. The maximum Gasteiger partial charge on any atom is 0.330 e. The largest absolute Gasteiger partial charge is 0.479 e. The Bertz CT molecular complexity index is 721. The number of hydrogen-bond donors (Lipinski definition) is 3. The van der Waals surface area contributed by atoms with Gasteiger partial charge in [-0.2, -0.15) is 0 Å². The highest BCUT2D eigenvalue weighted by atomic mass is 32.2. The summed E-state index contributed by atoms with van der Waals surface area (Å²) in [5.41, 5.74) is 0.862. The lowest BCUT2D eigenvalue weighted by Gasteiger charge is -2.47. The number of carbonyl (C=O) groups is 3. The van der Waals surface area contributed by atoms with Crippen LogP contribution >= 0.6 is 0 Å². The molecule has 0 aromatic heterocycles. The van der Waals surface area contributed by atoms with E-state index >= 15 is 0 Å².